The molecule has 398 valence electrons. The first-order chi connectivity index (χ1) is 44.3. The van der Waals surface area contributed by atoms with Gasteiger partial charge in [0, 0.05) is 60.6 Å². The first kappa shape index (κ1) is 44.1. The molecular weight excluding hydrogens is 1050 g/mol. The number of hydrogen-bond acceptors (Lipinski definition) is 4. The fourth-order valence-electron chi connectivity index (χ4n) is 14.1. The molecule has 0 unspecified atom stereocenters. The second-order valence-corrected chi connectivity index (χ2v) is 22.2. The van der Waals surface area contributed by atoms with Gasteiger partial charge >= 0.3 is 0 Å². The predicted molar refractivity (Wildman–Crippen MR) is 357 cm³/mol. The van der Waals surface area contributed by atoms with Crippen molar-refractivity contribution in [2.75, 3.05) is 9.80 Å². The van der Waals surface area contributed by atoms with Crippen molar-refractivity contribution in [1.82, 2.24) is 4.57 Å². The fourth-order valence-corrected chi connectivity index (χ4v) is 14.1. The van der Waals surface area contributed by atoms with E-state index in [1.165, 1.54) is 0 Å². The van der Waals surface area contributed by atoms with Crippen LogP contribution in [0.5, 0.6) is 0 Å². The van der Waals surface area contributed by atoms with Crippen LogP contribution in [0.1, 0.15) is 5.48 Å². The topological polar surface area (TPSA) is 42.1 Å². The van der Waals surface area contributed by atoms with Gasteiger partial charge in [-0.15, -0.1) is 0 Å². The summed E-state index contributed by atoms with van der Waals surface area (Å²) < 4.78 is 54.9. The summed E-state index contributed by atoms with van der Waals surface area (Å²) in [6.07, 6.45) is 0. The average molecular weight is 1100 g/mol. The zero-order valence-electron chi connectivity index (χ0n) is 50.0. The monoisotopic (exact) mass is 1100 g/mol. The van der Waals surface area contributed by atoms with Gasteiger partial charge in [0.25, 0.3) is 6.71 Å². The molecular formula is C79H47BN4O2. The van der Waals surface area contributed by atoms with Gasteiger partial charge in [0.15, 0.2) is 16.9 Å². The number of nitrogens with zero attached hydrogens (tertiary/aromatic N) is 4. The average Bonchev–Trinajstić information content (AvgIpc) is 1.07. The maximum Gasteiger partial charge on any atom is 0.252 e. The Morgan fingerprint density at radius 1 is 0.372 bits per heavy atom. The Morgan fingerprint density at radius 3 is 1.28 bits per heavy atom. The molecule has 6 nitrogen and oxygen atoms in total. The maximum absolute atomic E-state index is 9.98. The zero-order chi connectivity index (χ0) is 60.0. The lowest BCUT2D eigenvalue weighted by atomic mass is 9.33. The largest absolute Gasteiger partial charge is 0.454 e. The van der Waals surface area contributed by atoms with Crippen molar-refractivity contribution in [3.63, 3.8) is 0 Å². The molecule has 0 fully saturated rings. The number of aromatic nitrogens is 1. The quantitative estimate of drug-likeness (QED) is 0.118. The van der Waals surface area contributed by atoms with E-state index >= 15 is 0 Å². The molecule has 0 aliphatic carbocycles. The highest BCUT2D eigenvalue weighted by molar-refractivity contribution is 7.01. The minimum Gasteiger partial charge on any atom is -0.454 e. The van der Waals surface area contributed by atoms with E-state index in [0.29, 0.717) is 38.8 Å². The second-order valence-electron chi connectivity index (χ2n) is 22.2. The zero-order valence-corrected chi connectivity index (χ0v) is 46.0. The molecule has 0 bridgehead atoms. The van der Waals surface area contributed by atoms with Gasteiger partial charge in [0.1, 0.15) is 11.2 Å². The lowest BCUT2D eigenvalue weighted by Gasteiger charge is -2.45. The third-order valence-corrected chi connectivity index (χ3v) is 17.7. The van der Waals surface area contributed by atoms with Crippen LogP contribution in [-0.4, -0.2) is 11.3 Å². The van der Waals surface area contributed by atoms with Gasteiger partial charge in [-0.2, -0.15) is 0 Å². The molecule has 3 aromatic heterocycles. The highest BCUT2D eigenvalue weighted by Gasteiger charge is 2.48. The molecule has 0 spiro atoms. The maximum atomic E-state index is 9.98. The first-order valence-corrected chi connectivity index (χ1v) is 28.9. The summed E-state index contributed by atoms with van der Waals surface area (Å²) in [4.78, 5) is 8.74. The van der Waals surface area contributed by atoms with Gasteiger partial charge < -0.3 is 23.2 Å². The molecule has 2 aliphatic rings. The van der Waals surface area contributed by atoms with E-state index in [1.54, 1.807) is 12.1 Å². The van der Waals surface area contributed by atoms with E-state index < -0.39 is 6.71 Å². The van der Waals surface area contributed by atoms with E-state index in [0.717, 1.165) is 128 Å². The van der Waals surface area contributed by atoms with Crippen LogP contribution in [0.15, 0.2) is 294 Å². The second kappa shape index (κ2) is 18.7. The van der Waals surface area contributed by atoms with Crippen LogP contribution in [0.25, 0.3) is 121 Å². The van der Waals surface area contributed by atoms with Crippen LogP contribution in [0.2, 0.25) is 0 Å². The molecule has 18 rings (SSSR count). The molecule has 5 heterocycles. The van der Waals surface area contributed by atoms with Crippen molar-refractivity contribution in [2.24, 2.45) is 0 Å². The van der Waals surface area contributed by atoms with E-state index in [9.17, 15) is 4.11 Å². The predicted octanol–water partition coefficient (Wildman–Crippen LogP) is 19.9. The van der Waals surface area contributed by atoms with Crippen molar-refractivity contribution < 1.29 is 14.3 Å². The molecule has 13 aromatic carbocycles. The van der Waals surface area contributed by atoms with Gasteiger partial charge in [0.05, 0.1) is 51.5 Å². The summed E-state index contributed by atoms with van der Waals surface area (Å²) in [5, 5.41) is 4.74. The number of furan rings is 2. The van der Waals surface area contributed by atoms with Crippen LogP contribution >= 0.6 is 0 Å². The number of anilines is 6. The Kier molecular flexibility index (Phi) is 9.59. The highest BCUT2D eigenvalue weighted by atomic mass is 16.3. The highest BCUT2D eigenvalue weighted by Crippen LogP contribution is 2.56. The summed E-state index contributed by atoms with van der Waals surface area (Å²) in [5.41, 5.74) is 20.9. The van der Waals surface area contributed by atoms with Crippen LogP contribution in [0.3, 0.4) is 0 Å². The molecule has 0 saturated carbocycles. The molecule has 0 saturated heterocycles. The van der Waals surface area contributed by atoms with E-state index in [1.807, 2.05) is 59.2 Å². The van der Waals surface area contributed by atoms with Crippen molar-refractivity contribution in [3.8, 4) is 50.2 Å². The van der Waals surface area contributed by atoms with Crippen LogP contribution in [0, 0.1) is 6.57 Å². The Hall–Kier alpha value is -11.6. The minimum absolute atomic E-state index is 0.185. The lowest BCUT2D eigenvalue weighted by Crippen LogP contribution is -2.61. The summed E-state index contributed by atoms with van der Waals surface area (Å²) in [6, 6.07) is 89.6. The van der Waals surface area contributed by atoms with E-state index in [2.05, 4.69) is 209 Å². The van der Waals surface area contributed by atoms with Crippen LogP contribution in [-0.2, 0) is 0 Å². The van der Waals surface area contributed by atoms with Gasteiger partial charge in [0.2, 0.25) is 0 Å². The summed E-state index contributed by atoms with van der Waals surface area (Å²) in [7, 11) is 0. The van der Waals surface area contributed by atoms with Crippen molar-refractivity contribution in [1.29, 1.82) is 0 Å². The Morgan fingerprint density at radius 2 is 0.814 bits per heavy atom. The molecule has 0 radical (unpaired) electrons. The number of rotatable bonds is 7. The summed E-state index contributed by atoms with van der Waals surface area (Å²) in [5.74, 6) is 0. The van der Waals surface area contributed by atoms with Crippen LogP contribution in [0.4, 0.5) is 39.8 Å². The molecule has 86 heavy (non-hydrogen) atoms. The third-order valence-electron chi connectivity index (χ3n) is 17.7. The SMILES string of the molecule is [2H]c1c([2H])c([2H])c2c(c1[2H])c1cc([N+]#[C-])ccc1n2-c1cc2c3c(c1)N(c1c(-c4ccccc4)cccc1-c1ccccc1)c1c(ccc4c1oc1ccccc14)B3c1ccc3c(oc4ccccc43)c1N2c1c(-c2ccccc2)cccc1-c1ccccc1. The molecule has 0 N–H and O–H groups in total. The van der Waals surface area contributed by atoms with Gasteiger partial charge in [-0.25, -0.2) is 4.85 Å². The standard InChI is InChI=1S/C79H47BN4O2/c1-81-53-40-45-68-64(46-53)59-30-14-17-37-67(59)82(68)54-47-69-73-70(48-54)84(75-57(51-26-10-4-11-27-51)35-21-36-58(75)52-28-12-5-13-29-52)77-66(44-42-63-61-32-16-19-39-72(61)86-79(63)77)80(73)65-43-41-62-60-31-15-18-38-71(60)85-78(62)76(65)83(69)74-55(49-22-6-2-7-23-49)33-20-34-56(74)50-24-8-3-9-25-50/h2-48H/i14D,17D,30D,37D. The van der Waals surface area contributed by atoms with Gasteiger partial charge in [-0.3, -0.25) is 0 Å². The number of fused-ring (bicyclic) bond motifs is 15. The number of hydrogen-bond donors (Lipinski definition) is 0. The molecule has 0 amide bonds. The molecule has 0 atom stereocenters. The molecule has 2 aliphatic heterocycles. The lowest BCUT2D eigenvalue weighted by molar-refractivity contribution is 0.669. The minimum atomic E-state index is -0.471. The van der Waals surface area contributed by atoms with Gasteiger partial charge in [-0.1, -0.05) is 243 Å². The molecule has 16 aromatic rings. The summed E-state index contributed by atoms with van der Waals surface area (Å²) >= 11 is 0. The van der Waals surface area contributed by atoms with Crippen molar-refractivity contribution >= 4 is 129 Å². The van der Waals surface area contributed by atoms with Crippen molar-refractivity contribution in [2.45, 2.75) is 0 Å². The summed E-state index contributed by atoms with van der Waals surface area (Å²) in [6.45, 7) is 7.75. The Balaban J connectivity index is 1.10. The Bertz CT molecular complexity index is 5370. The smallest absolute Gasteiger partial charge is 0.252 e. The van der Waals surface area contributed by atoms with E-state index in [-0.39, 0.29) is 29.7 Å². The van der Waals surface area contributed by atoms with Crippen molar-refractivity contribution in [3.05, 3.63) is 296 Å². The number of para-hydroxylation sites is 5. The number of benzene rings is 13. The van der Waals surface area contributed by atoms with Crippen LogP contribution < -0.4 is 26.2 Å². The normalized spacial score (nSPS) is 13.2. The fraction of sp³-hybridized carbons (Fsp3) is 0. The third kappa shape index (κ3) is 6.96. The molecule has 7 heteroatoms. The first-order valence-electron chi connectivity index (χ1n) is 30.9. The Labute approximate surface area is 501 Å². The van der Waals surface area contributed by atoms with E-state index in [4.69, 9.17) is 16.8 Å². The van der Waals surface area contributed by atoms with Gasteiger partial charge in [-0.05, 0) is 86.5 Å².